The van der Waals surface area contributed by atoms with Crippen LogP contribution in [0.1, 0.15) is 45.6 Å². The zero-order valence-corrected chi connectivity index (χ0v) is 13.1. The Bertz CT molecular complexity index is 457. The van der Waals surface area contributed by atoms with Crippen molar-refractivity contribution in [2.45, 2.75) is 52.2 Å². The van der Waals surface area contributed by atoms with Crippen molar-refractivity contribution in [2.75, 3.05) is 7.11 Å². The van der Waals surface area contributed by atoms with Gasteiger partial charge in [0.1, 0.15) is 5.75 Å². The number of hydrogen-bond acceptors (Lipinski definition) is 2. The Morgan fingerprint density at radius 3 is 2.45 bits per heavy atom. The van der Waals surface area contributed by atoms with Crippen molar-refractivity contribution in [1.82, 2.24) is 0 Å². The largest absolute Gasteiger partial charge is 0.497 e. The van der Waals surface area contributed by atoms with E-state index >= 15 is 0 Å². The number of rotatable bonds is 5. The smallest absolute Gasteiger partial charge is 0.118 e. The lowest BCUT2D eigenvalue weighted by atomic mass is 9.83. The van der Waals surface area contributed by atoms with Gasteiger partial charge in [-0.05, 0) is 62.3 Å². The van der Waals surface area contributed by atoms with Crippen molar-refractivity contribution < 1.29 is 9.47 Å². The van der Waals surface area contributed by atoms with Crippen molar-refractivity contribution in [3.05, 3.63) is 41.5 Å². The van der Waals surface area contributed by atoms with Crippen LogP contribution in [0.15, 0.2) is 35.9 Å². The van der Waals surface area contributed by atoms with E-state index in [-0.39, 0.29) is 5.60 Å². The third-order valence-electron chi connectivity index (χ3n) is 4.21. The standard InChI is InChI=1S/C18H26O2/c1-14-5-9-16(10-6-14)18(2,3)20-13-15-7-11-17(19-4)12-8-15/h7-9,11-12,14H,5-6,10,13H2,1-4H3/t14-/m0/s1. The summed E-state index contributed by atoms with van der Waals surface area (Å²) in [5.74, 6) is 1.70. The number of benzene rings is 1. The normalized spacial score (nSPS) is 19.6. The molecule has 2 nitrogen and oxygen atoms in total. The highest BCUT2D eigenvalue weighted by atomic mass is 16.5. The highest BCUT2D eigenvalue weighted by molar-refractivity contribution is 5.27. The van der Waals surface area contributed by atoms with Gasteiger partial charge in [-0.15, -0.1) is 0 Å². The molecule has 0 bridgehead atoms. The van der Waals surface area contributed by atoms with Crippen LogP contribution in [0.2, 0.25) is 0 Å². The van der Waals surface area contributed by atoms with Gasteiger partial charge in [-0.1, -0.05) is 25.1 Å². The van der Waals surface area contributed by atoms with Crippen molar-refractivity contribution in [2.24, 2.45) is 5.92 Å². The molecule has 0 N–H and O–H groups in total. The maximum atomic E-state index is 6.15. The van der Waals surface area contributed by atoms with Gasteiger partial charge in [0.15, 0.2) is 0 Å². The quantitative estimate of drug-likeness (QED) is 0.722. The summed E-state index contributed by atoms with van der Waals surface area (Å²) in [6.07, 6.45) is 6.00. The zero-order valence-electron chi connectivity index (χ0n) is 13.1. The van der Waals surface area contributed by atoms with E-state index in [1.165, 1.54) is 24.0 Å². The average molecular weight is 274 g/mol. The van der Waals surface area contributed by atoms with E-state index in [1.807, 2.05) is 12.1 Å². The van der Waals surface area contributed by atoms with Gasteiger partial charge in [0.2, 0.25) is 0 Å². The van der Waals surface area contributed by atoms with Gasteiger partial charge in [0.25, 0.3) is 0 Å². The van der Waals surface area contributed by atoms with Gasteiger partial charge < -0.3 is 9.47 Å². The van der Waals surface area contributed by atoms with Crippen LogP contribution < -0.4 is 4.74 Å². The molecular weight excluding hydrogens is 248 g/mol. The lowest BCUT2D eigenvalue weighted by molar-refractivity contribution is -0.00541. The molecule has 0 heterocycles. The molecule has 1 aromatic rings. The lowest BCUT2D eigenvalue weighted by Gasteiger charge is -2.32. The molecule has 0 amide bonds. The molecule has 0 fully saturated rings. The van der Waals surface area contributed by atoms with Gasteiger partial charge in [0.05, 0.1) is 19.3 Å². The van der Waals surface area contributed by atoms with E-state index in [0.29, 0.717) is 6.61 Å². The maximum Gasteiger partial charge on any atom is 0.118 e. The highest BCUT2D eigenvalue weighted by Gasteiger charge is 2.26. The molecule has 0 aliphatic heterocycles. The summed E-state index contributed by atoms with van der Waals surface area (Å²) in [7, 11) is 1.69. The summed E-state index contributed by atoms with van der Waals surface area (Å²) >= 11 is 0. The highest BCUT2D eigenvalue weighted by Crippen LogP contribution is 2.32. The lowest BCUT2D eigenvalue weighted by Crippen LogP contribution is -2.28. The van der Waals surface area contributed by atoms with Crippen molar-refractivity contribution >= 4 is 0 Å². The van der Waals surface area contributed by atoms with Crippen LogP contribution in [0.4, 0.5) is 0 Å². The number of ether oxygens (including phenoxy) is 2. The molecule has 0 spiro atoms. The van der Waals surface area contributed by atoms with E-state index < -0.39 is 0 Å². The summed E-state index contributed by atoms with van der Waals surface area (Å²) in [6, 6.07) is 8.08. The van der Waals surface area contributed by atoms with Crippen LogP contribution in [0.5, 0.6) is 5.75 Å². The van der Waals surface area contributed by atoms with Crippen molar-refractivity contribution in [3.63, 3.8) is 0 Å². The van der Waals surface area contributed by atoms with Gasteiger partial charge in [-0.3, -0.25) is 0 Å². The Kier molecular flexibility index (Phi) is 4.87. The third-order valence-corrected chi connectivity index (χ3v) is 4.21. The number of methoxy groups -OCH3 is 1. The van der Waals surface area contributed by atoms with Crippen LogP contribution >= 0.6 is 0 Å². The van der Waals surface area contributed by atoms with Crippen LogP contribution in [0.25, 0.3) is 0 Å². The molecule has 1 atom stereocenters. The topological polar surface area (TPSA) is 18.5 Å². The minimum atomic E-state index is -0.167. The van der Waals surface area contributed by atoms with Crippen LogP contribution in [-0.4, -0.2) is 12.7 Å². The molecule has 0 aromatic heterocycles. The predicted octanol–water partition coefficient (Wildman–Crippen LogP) is 4.74. The number of allylic oxidation sites excluding steroid dienone is 1. The van der Waals surface area contributed by atoms with Crippen LogP contribution in [-0.2, 0) is 11.3 Å². The van der Waals surface area contributed by atoms with E-state index in [9.17, 15) is 0 Å². The monoisotopic (exact) mass is 274 g/mol. The Labute approximate surface area is 122 Å². The van der Waals surface area contributed by atoms with E-state index in [0.717, 1.165) is 18.1 Å². The van der Waals surface area contributed by atoms with Crippen molar-refractivity contribution in [3.8, 4) is 5.75 Å². The molecular formula is C18H26O2. The second-order valence-corrected chi connectivity index (χ2v) is 6.26. The van der Waals surface area contributed by atoms with Gasteiger partial charge in [-0.2, -0.15) is 0 Å². The summed E-state index contributed by atoms with van der Waals surface area (Å²) in [5.41, 5.74) is 2.47. The Hall–Kier alpha value is -1.28. The first-order valence-electron chi connectivity index (χ1n) is 7.47. The Balaban J connectivity index is 1.94. The third kappa shape index (κ3) is 3.86. The molecule has 0 unspecified atom stereocenters. The molecule has 0 radical (unpaired) electrons. The van der Waals surface area contributed by atoms with E-state index in [2.05, 4.69) is 39.0 Å². The molecule has 110 valence electrons. The summed E-state index contributed by atoms with van der Waals surface area (Å²) in [5, 5.41) is 0. The molecule has 0 saturated carbocycles. The predicted molar refractivity (Wildman–Crippen MR) is 83.0 cm³/mol. The molecule has 0 saturated heterocycles. The minimum Gasteiger partial charge on any atom is -0.497 e. The Morgan fingerprint density at radius 2 is 1.90 bits per heavy atom. The summed E-state index contributed by atoms with van der Waals surface area (Å²) < 4.78 is 11.3. The summed E-state index contributed by atoms with van der Waals surface area (Å²) in [6.45, 7) is 7.32. The fourth-order valence-electron chi connectivity index (χ4n) is 2.59. The van der Waals surface area contributed by atoms with Gasteiger partial charge in [-0.25, -0.2) is 0 Å². The molecule has 20 heavy (non-hydrogen) atoms. The van der Waals surface area contributed by atoms with Gasteiger partial charge >= 0.3 is 0 Å². The van der Waals surface area contributed by atoms with E-state index in [1.54, 1.807) is 7.11 Å². The molecule has 2 rings (SSSR count). The van der Waals surface area contributed by atoms with E-state index in [4.69, 9.17) is 9.47 Å². The number of hydrogen-bond donors (Lipinski definition) is 0. The molecule has 2 heteroatoms. The zero-order chi connectivity index (χ0) is 14.6. The fraction of sp³-hybridized carbons (Fsp3) is 0.556. The first-order valence-corrected chi connectivity index (χ1v) is 7.47. The SMILES string of the molecule is COc1ccc(COC(C)(C)C2=CC[C@H](C)CC2)cc1. The van der Waals surface area contributed by atoms with Crippen LogP contribution in [0, 0.1) is 5.92 Å². The molecule has 1 aliphatic rings. The van der Waals surface area contributed by atoms with Crippen LogP contribution in [0.3, 0.4) is 0 Å². The molecule has 1 aromatic carbocycles. The van der Waals surface area contributed by atoms with Crippen molar-refractivity contribution in [1.29, 1.82) is 0 Å². The summed E-state index contributed by atoms with van der Waals surface area (Å²) in [4.78, 5) is 0. The molecule has 1 aliphatic carbocycles. The fourth-order valence-corrected chi connectivity index (χ4v) is 2.59. The van der Waals surface area contributed by atoms with Gasteiger partial charge in [0, 0.05) is 0 Å². The Morgan fingerprint density at radius 1 is 1.20 bits per heavy atom. The average Bonchev–Trinajstić information content (AvgIpc) is 2.46. The minimum absolute atomic E-state index is 0.167. The second-order valence-electron chi connectivity index (χ2n) is 6.26. The second kappa shape index (κ2) is 6.45. The first kappa shape index (κ1) is 15.1. The first-order chi connectivity index (χ1) is 9.51. The maximum absolute atomic E-state index is 6.15.